The van der Waals surface area contributed by atoms with Crippen molar-refractivity contribution in [2.45, 2.75) is 50.4 Å². The zero-order chi connectivity index (χ0) is 23.0. The fraction of sp³-hybridized carbons (Fsp3) is 0.321. The Hall–Kier alpha value is -2.31. The normalized spacial score (nSPS) is 18.4. The Balaban J connectivity index is 0.00000324. The summed E-state index contributed by atoms with van der Waals surface area (Å²) in [5, 5.41) is 11.0. The summed E-state index contributed by atoms with van der Waals surface area (Å²) in [6.07, 6.45) is 3.42. The van der Waals surface area contributed by atoms with Crippen molar-refractivity contribution in [3.8, 4) is 22.6 Å². The van der Waals surface area contributed by atoms with E-state index in [-0.39, 0.29) is 48.2 Å². The molecule has 0 aliphatic heterocycles. The summed E-state index contributed by atoms with van der Waals surface area (Å²) >= 11 is 0. The van der Waals surface area contributed by atoms with E-state index in [2.05, 4.69) is 24.3 Å². The molecule has 0 amide bonds. The van der Waals surface area contributed by atoms with Gasteiger partial charge in [-0.25, -0.2) is 0 Å². The largest absolute Gasteiger partial charge is 1.00 e. The number of carbonyl (C=O) groups excluding carboxylic acids is 1. The third kappa shape index (κ3) is 7.34. The van der Waals surface area contributed by atoms with Crippen molar-refractivity contribution >= 4 is 5.97 Å². The molecule has 0 spiro atoms. The second-order valence-corrected chi connectivity index (χ2v) is 8.43. The second kappa shape index (κ2) is 13.0. The predicted octanol–water partition coefficient (Wildman–Crippen LogP) is 1.43. The van der Waals surface area contributed by atoms with Crippen molar-refractivity contribution in [1.29, 1.82) is 0 Å². The fourth-order valence-electron chi connectivity index (χ4n) is 4.24. The Bertz CT molecular complexity index is 1020. The maximum atomic E-state index is 11.0. The number of hydrogen-bond donors (Lipinski definition) is 0. The van der Waals surface area contributed by atoms with Crippen LogP contribution in [0.3, 0.4) is 0 Å². The van der Waals surface area contributed by atoms with Crippen molar-refractivity contribution in [1.82, 2.24) is 0 Å². The Labute approximate surface area is 223 Å². The van der Waals surface area contributed by atoms with Crippen molar-refractivity contribution in [3.05, 3.63) is 84.4 Å². The first kappa shape index (κ1) is 26.3. The van der Waals surface area contributed by atoms with Crippen LogP contribution in [-0.4, -0.2) is 31.4 Å². The van der Waals surface area contributed by atoms with E-state index in [0.29, 0.717) is 0 Å². The molecular weight excluding hydrogens is 439 g/mol. The van der Waals surface area contributed by atoms with Crippen molar-refractivity contribution in [2.24, 2.45) is 0 Å². The average molecular weight is 469 g/mol. The van der Waals surface area contributed by atoms with Crippen molar-refractivity contribution < 1.29 is 53.7 Å². The molecule has 1 saturated carbocycles. The van der Waals surface area contributed by atoms with E-state index in [1.54, 1.807) is 0 Å². The van der Waals surface area contributed by atoms with E-state index in [0.717, 1.165) is 42.7 Å². The SMILES string of the molecule is CO[C@@H](Cc1ccc(OC2CCCC(Oc3ccc(-c4ccccc4)cc3)C2)cc1)C(=O)[O-].[Na+]. The first-order valence-corrected chi connectivity index (χ1v) is 11.4. The number of carbonyl (C=O) groups is 1. The van der Waals surface area contributed by atoms with Crippen LogP contribution in [0.4, 0.5) is 0 Å². The number of carboxylic acids is 1. The maximum absolute atomic E-state index is 11.0. The molecule has 1 fully saturated rings. The molecule has 0 aromatic heterocycles. The Morgan fingerprint density at radius 1 is 0.853 bits per heavy atom. The topological polar surface area (TPSA) is 67.8 Å². The molecule has 0 heterocycles. The molecule has 34 heavy (non-hydrogen) atoms. The zero-order valence-corrected chi connectivity index (χ0v) is 21.8. The van der Waals surface area contributed by atoms with Crippen LogP contribution in [0.2, 0.25) is 0 Å². The van der Waals surface area contributed by atoms with Crippen LogP contribution >= 0.6 is 0 Å². The van der Waals surface area contributed by atoms with Gasteiger partial charge in [-0.3, -0.25) is 0 Å². The van der Waals surface area contributed by atoms with Gasteiger partial charge in [-0.15, -0.1) is 0 Å². The number of benzene rings is 3. The van der Waals surface area contributed by atoms with Gasteiger partial charge in [0.15, 0.2) is 0 Å². The molecule has 172 valence electrons. The van der Waals surface area contributed by atoms with E-state index in [9.17, 15) is 9.90 Å². The smallest absolute Gasteiger partial charge is 0.547 e. The molecule has 1 aliphatic rings. The molecule has 4 rings (SSSR count). The van der Waals surface area contributed by atoms with Crippen LogP contribution in [0.1, 0.15) is 31.2 Å². The van der Waals surface area contributed by atoms with Gasteiger partial charge in [-0.2, -0.15) is 0 Å². The number of rotatable bonds is 9. The number of methoxy groups -OCH3 is 1. The van der Waals surface area contributed by atoms with Gasteiger partial charge in [0.1, 0.15) is 29.8 Å². The van der Waals surface area contributed by atoms with Crippen LogP contribution in [0.5, 0.6) is 11.5 Å². The van der Waals surface area contributed by atoms with Gasteiger partial charge >= 0.3 is 29.6 Å². The predicted molar refractivity (Wildman–Crippen MR) is 125 cm³/mol. The molecule has 3 atom stereocenters. The molecular formula is C28H29NaO5. The van der Waals surface area contributed by atoms with Gasteiger partial charge in [-0.1, -0.05) is 54.6 Å². The molecule has 2 unspecified atom stereocenters. The van der Waals surface area contributed by atoms with Gasteiger partial charge in [0.05, 0.1) is 5.97 Å². The third-order valence-electron chi connectivity index (χ3n) is 6.04. The van der Waals surface area contributed by atoms with Gasteiger partial charge in [0.2, 0.25) is 0 Å². The van der Waals surface area contributed by atoms with Crippen LogP contribution in [0, 0.1) is 0 Å². The summed E-state index contributed by atoms with van der Waals surface area (Å²) < 4.78 is 17.4. The molecule has 1 aliphatic carbocycles. The minimum absolute atomic E-state index is 0. The molecule has 3 aromatic rings. The van der Waals surface area contributed by atoms with E-state index in [4.69, 9.17) is 14.2 Å². The minimum atomic E-state index is -1.21. The van der Waals surface area contributed by atoms with E-state index in [1.807, 2.05) is 54.6 Å². The number of ether oxygens (including phenoxy) is 3. The van der Waals surface area contributed by atoms with E-state index >= 15 is 0 Å². The summed E-state index contributed by atoms with van der Waals surface area (Å²) in [5.41, 5.74) is 3.23. The molecule has 0 radical (unpaired) electrons. The molecule has 0 bridgehead atoms. The first-order valence-electron chi connectivity index (χ1n) is 11.4. The summed E-state index contributed by atoms with van der Waals surface area (Å²) in [6, 6.07) is 26.1. The van der Waals surface area contributed by atoms with E-state index < -0.39 is 12.1 Å². The standard InChI is InChI=1S/C28H30O5.Na/c1-31-27(28(29)30)18-20-10-14-23(15-11-20)32-25-8-5-9-26(19-25)33-24-16-12-22(13-17-24)21-6-3-2-4-7-21;/h2-4,6-7,10-17,25-27H,5,8-9,18-19H2,1H3,(H,29,30);/q;+1/p-1/t25?,26?,27-;/m0./s1. The number of hydrogen-bond acceptors (Lipinski definition) is 5. The fourth-order valence-corrected chi connectivity index (χ4v) is 4.24. The first-order chi connectivity index (χ1) is 16.1. The van der Waals surface area contributed by atoms with Crippen LogP contribution in [0.25, 0.3) is 11.1 Å². The molecule has 5 nitrogen and oxygen atoms in total. The average Bonchev–Trinajstić information content (AvgIpc) is 2.84. The van der Waals surface area contributed by atoms with Crippen molar-refractivity contribution in [3.63, 3.8) is 0 Å². The zero-order valence-electron chi connectivity index (χ0n) is 19.8. The van der Waals surface area contributed by atoms with Crippen LogP contribution < -0.4 is 44.1 Å². The van der Waals surface area contributed by atoms with Crippen molar-refractivity contribution in [2.75, 3.05) is 7.11 Å². The monoisotopic (exact) mass is 468 g/mol. The number of aliphatic carboxylic acids is 1. The summed E-state index contributed by atoms with van der Waals surface area (Å²) in [5.74, 6) is 0.449. The van der Waals surface area contributed by atoms with Gasteiger partial charge in [0, 0.05) is 20.0 Å². The van der Waals surface area contributed by atoms with Crippen LogP contribution in [-0.2, 0) is 16.0 Å². The van der Waals surface area contributed by atoms with Gasteiger partial charge < -0.3 is 24.1 Å². The number of carboxylic acid groups (broad SMARTS) is 1. The third-order valence-corrected chi connectivity index (χ3v) is 6.04. The second-order valence-electron chi connectivity index (χ2n) is 8.43. The summed E-state index contributed by atoms with van der Waals surface area (Å²) in [6.45, 7) is 0. The quantitative estimate of drug-likeness (QED) is 0.445. The Kier molecular flexibility index (Phi) is 10.0. The Morgan fingerprint density at radius 3 is 1.91 bits per heavy atom. The molecule has 0 saturated heterocycles. The Morgan fingerprint density at radius 2 is 1.38 bits per heavy atom. The maximum Gasteiger partial charge on any atom is 1.00 e. The van der Waals surface area contributed by atoms with Gasteiger partial charge in [-0.05, 0) is 60.2 Å². The minimum Gasteiger partial charge on any atom is -0.547 e. The molecule has 3 aromatic carbocycles. The van der Waals surface area contributed by atoms with Crippen LogP contribution in [0.15, 0.2) is 78.9 Å². The summed E-state index contributed by atoms with van der Waals surface area (Å²) in [7, 11) is 1.37. The molecule has 0 N–H and O–H groups in total. The molecule has 6 heteroatoms. The summed E-state index contributed by atoms with van der Waals surface area (Å²) in [4.78, 5) is 11.0. The van der Waals surface area contributed by atoms with Gasteiger partial charge in [0.25, 0.3) is 0 Å². The van der Waals surface area contributed by atoms with E-state index in [1.165, 1.54) is 18.2 Å².